The molecule has 5 nitrogen and oxygen atoms in total. The molecule has 2 fully saturated rings. The fraction of sp³-hybridized carbons (Fsp3) is 0.391. The summed E-state index contributed by atoms with van der Waals surface area (Å²) in [4.78, 5) is 27.8. The number of rotatable bonds is 6. The van der Waals surface area contributed by atoms with Crippen molar-refractivity contribution in [1.82, 2.24) is 5.32 Å². The first-order valence-electron chi connectivity index (χ1n) is 10.3. The maximum atomic E-state index is 12.6. The highest BCUT2D eigenvalue weighted by Crippen LogP contribution is 2.21. The number of carbonyl (C=O) groups excluding carboxylic acids is 2. The van der Waals surface area contributed by atoms with E-state index in [9.17, 15) is 9.59 Å². The van der Waals surface area contributed by atoms with Gasteiger partial charge in [-0.1, -0.05) is 24.3 Å². The Balaban J connectivity index is 1.37. The molecule has 2 aromatic carbocycles. The van der Waals surface area contributed by atoms with Gasteiger partial charge in [-0.05, 0) is 36.2 Å². The van der Waals surface area contributed by atoms with Crippen molar-refractivity contribution in [3.05, 3.63) is 65.2 Å². The van der Waals surface area contributed by atoms with E-state index in [1.54, 1.807) is 21.9 Å². The largest absolute Gasteiger partial charge is 0.348 e. The molecule has 0 atom stereocenters. The minimum atomic E-state index is -0.0809. The standard InChI is InChI=1S/C23H27N3O2/c27-22-8-5-15-26(22)21-11-9-18(10-12-21)23(28)24-16-19-6-1-2-7-20(19)17-25-13-3-4-14-25/h1-2,6-7,9-12H,3-5,8,13-17H2,(H,24,28)/p+1. The van der Waals surface area contributed by atoms with Gasteiger partial charge in [0.25, 0.3) is 5.91 Å². The van der Waals surface area contributed by atoms with Gasteiger partial charge >= 0.3 is 0 Å². The number of benzene rings is 2. The van der Waals surface area contributed by atoms with E-state index in [2.05, 4.69) is 23.5 Å². The molecule has 28 heavy (non-hydrogen) atoms. The van der Waals surface area contributed by atoms with Crippen molar-refractivity contribution in [3.63, 3.8) is 0 Å². The number of amides is 2. The van der Waals surface area contributed by atoms with Crippen LogP contribution in [0.5, 0.6) is 0 Å². The molecule has 0 aliphatic carbocycles. The lowest BCUT2D eigenvalue weighted by Gasteiger charge is -2.16. The number of anilines is 1. The summed E-state index contributed by atoms with van der Waals surface area (Å²) in [6.45, 7) is 4.82. The minimum absolute atomic E-state index is 0.0809. The van der Waals surface area contributed by atoms with Crippen molar-refractivity contribution in [2.24, 2.45) is 0 Å². The van der Waals surface area contributed by atoms with Crippen LogP contribution in [0.4, 0.5) is 5.69 Å². The molecule has 2 aliphatic heterocycles. The van der Waals surface area contributed by atoms with Crippen LogP contribution in [0, 0.1) is 0 Å². The minimum Gasteiger partial charge on any atom is -0.348 e. The van der Waals surface area contributed by atoms with E-state index >= 15 is 0 Å². The van der Waals surface area contributed by atoms with Gasteiger partial charge in [0.1, 0.15) is 6.54 Å². The first-order valence-corrected chi connectivity index (χ1v) is 10.3. The quantitative estimate of drug-likeness (QED) is 0.807. The Hall–Kier alpha value is -2.66. The summed E-state index contributed by atoms with van der Waals surface area (Å²) < 4.78 is 0. The average Bonchev–Trinajstić information content (AvgIpc) is 3.39. The van der Waals surface area contributed by atoms with E-state index in [1.165, 1.54) is 37.1 Å². The van der Waals surface area contributed by atoms with Crippen molar-refractivity contribution in [2.45, 2.75) is 38.8 Å². The predicted molar refractivity (Wildman–Crippen MR) is 109 cm³/mol. The molecular weight excluding hydrogens is 350 g/mol. The van der Waals surface area contributed by atoms with Gasteiger partial charge in [-0.2, -0.15) is 0 Å². The molecule has 2 saturated heterocycles. The highest BCUT2D eigenvalue weighted by atomic mass is 16.2. The van der Waals surface area contributed by atoms with Gasteiger partial charge in [0, 0.05) is 49.2 Å². The van der Waals surface area contributed by atoms with Crippen LogP contribution >= 0.6 is 0 Å². The molecule has 5 heteroatoms. The van der Waals surface area contributed by atoms with Crippen LogP contribution in [-0.4, -0.2) is 31.4 Å². The number of quaternary nitrogens is 1. The molecule has 0 aromatic heterocycles. The number of hydrogen-bond acceptors (Lipinski definition) is 2. The molecule has 2 N–H and O–H groups in total. The molecule has 146 valence electrons. The summed E-state index contributed by atoms with van der Waals surface area (Å²) in [7, 11) is 0. The number of hydrogen-bond donors (Lipinski definition) is 2. The Labute approximate surface area is 166 Å². The van der Waals surface area contributed by atoms with Crippen molar-refractivity contribution in [3.8, 4) is 0 Å². The van der Waals surface area contributed by atoms with Gasteiger partial charge in [-0.3, -0.25) is 9.59 Å². The lowest BCUT2D eigenvalue weighted by Crippen LogP contribution is -3.08. The highest BCUT2D eigenvalue weighted by molar-refractivity contribution is 5.97. The van der Waals surface area contributed by atoms with Crippen LogP contribution in [0.3, 0.4) is 0 Å². The van der Waals surface area contributed by atoms with Crippen molar-refractivity contribution in [1.29, 1.82) is 0 Å². The molecule has 4 rings (SSSR count). The summed E-state index contributed by atoms with van der Waals surface area (Å²) in [5.74, 6) is 0.0802. The van der Waals surface area contributed by atoms with Gasteiger partial charge < -0.3 is 15.1 Å². The van der Waals surface area contributed by atoms with Crippen LogP contribution in [-0.2, 0) is 17.9 Å². The van der Waals surface area contributed by atoms with Crippen molar-refractivity contribution in [2.75, 3.05) is 24.5 Å². The SMILES string of the molecule is O=C(NCc1ccccc1C[NH+]1CCCC1)c1ccc(N2CCCC2=O)cc1. The van der Waals surface area contributed by atoms with Crippen LogP contribution < -0.4 is 15.1 Å². The topological polar surface area (TPSA) is 53.9 Å². The zero-order valence-electron chi connectivity index (χ0n) is 16.2. The second kappa shape index (κ2) is 8.57. The lowest BCUT2D eigenvalue weighted by atomic mass is 10.1. The Kier molecular flexibility index (Phi) is 5.72. The highest BCUT2D eigenvalue weighted by Gasteiger charge is 2.22. The Morgan fingerprint density at radius 1 is 0.964 bits per heavy atom. The molecule has 2 heterocycles. The van der Waals surface area contributed by atoms with Gasteiger partial charge in [0.15, 0.2) is 0 Å². The fourth-order valence-electron chi connectivity index (χ4n) is 4.21. The average molecular weight is 378 g/mol. The number of carbonyl (C=O) groups is 2. The van der Waals surface area contributed by atoms with E-state index in [-0.39, 0.29) is 11.8 Å². The summed E-state index contributed by atoms with van der Waals surface area (Å²) in [6, 6.07) is 15.7. The van der Waals surface area contributed by atoms with Gasteiger partial charge in [0.05, 0.1) is 13.1 Å². The molecule has 0 radical (unpaired) electrons. The summed E-state index contributed by atoms with van der Waals surface area (Å²) in [6.07, 6.45) is 4.14. The maximum Gasteiger partial charge on any atom is 0.251 e. The third kappa shape index (κ3) is 4.25. The number of nitrogens with zero attached hydrogens (tertiary/aromatic N) is 1. The monoisotopic (exact) mass is 378 g/mol. The number of nitrogens with one attached hydrogen (secondary N) is 2. The Morgan fingerprint density at radius 3 is 2.36 bits per heavy atom. The van der Waals surface area contributed by atoms with E-state index < -0.39 is 0 Å². The van der Waals surface area contributed by atoms with Crippen LogP contribution in [0.1, 0.15) is 47.2 Å². The molecule has 0 spiro atoms. The normalized spacial score (nSPS) is 17.3. The molecule has 2 aromatic rings. The van der Waals surface area contributed by atoms with Crippen molar-refractivity contribution < 1.29 is 14.5 Å². The van der Waals surface area contributed by atoms with E-state index in [4.69, 9.17) is 0 Å². The Morgan fingerprint density at radius 2 is 1.68 bits per heavy atom. The van der Waals surface area contributed by atoms with Gasteiger partial charge in [0.2, 0.25) is 5.91 Å². The molecule has 2 aliphatic rings. The molecule has 2 amide bonds. The maximum absolute atomic E-state index is 12.6. The van der Waals surface area contributed by atoms with Gasteiger partial charge in [-0.15, -0.1) is 0 Å². The first-order chi connectivity index (χ1) is 13.7. The van der Waals surface area contributed by atoms with Gasteiger partial charge in [-0.25, -0.2) is 0 Å². The molecule has 0 bridgehead atoms. The molecular formula is C23H28N3O2+. The summed E-state index contributed by atoms with van der Waals surface area (Å²) in [5, 5.41) is 3.05. The zero-order valence-corrected chi connectivity index (χ0v) is 16.2. The summed E-state index contributed by atoms with van der Waals surface area (Å²) in [5.41, 5.74) is 4.01. The molecule has 0 unspecified atom stereocenters. The summed E-state index contributed by atoms with van der Waals surface area (Å²) >= 11 is 0. The van der Waals surface area contributed by atoms with E-state index in [0.29, 0.717) is 18.5 Å². The Bertz CT molecular complexity index is 841. The number of likely N-dealkylation sites (tertiary alicyclic amines) is 1. The third-order valence-corrected chi connectivity index (χ3v) is 5.82. The second-order valence-electron chi connectivity index (χ2n) is 7.78. The molecule has 0 saturated carbocycles. The second-order valence-corrected chi connectivity index (χ2v) is 7.78. The van der Waals surface area contributed by atoms with Crippen LogP contribution in [0.25, 0.3) is 0 Å². The fourth-order valence-corrected chi connectivity index (χ4v) is 4.21. The lowest BCUT2D eigenvalue weighted by molar-refractivity contribution is -0.901. The smallest absolute Gasteiger partial charge is 0.251 e. The van der Waals surface area contributed by atoms with E-state index in [0.717, 1.165) is 25.2 Å². The first kappa shape index (κ1) is 18.7. The van der Waals surface area contributed by atoms with Crippen molar-refractivity contribution >= 4 is 17.5 Å². The van der Waals surface area contributed by atoms with E-state index in [1.807, 2.05) is 18.2 Å². The zero-order chi connectivity index (χ0) is 19.3. The van der Waals surface area contributed by atoms with Crippen LogP contribution in [0.15, 0.2) is 48.5 Å². The predicted octanol–water partition coefficient (Wildman–Crippen LogP) is 1.92. The van der Waals surface area contributed by atoms with Crippen LogP contribution in [0.2, 0.25) is 0 Å². The third-order valence-electron chi connectivity index (χ3n) is 5.82.